The van der Waals surface area contributed by atoms with Crippen molar-refractivity contribution >= 4 is 0 Å². The van der Waals surface area contributed by atoms with E-state index in [0.717, 1.165) is 15.8 Å². The third kappa shape index (κ3) is 4.32. The van der Waals surface area contributed by atoms with E-state index in [1.54, 1.807) is 7.11 Å². The lowest BCUT2D eigenvalue weighted by Gasteiger charge is -2.47. The molecule has 2 N–H and O–H groups in total. The highest BCUT2D eigenvalue weighted by atomic mass is 19.4. The first-order valence-electron chi connectivity index (χ1n) is 9.92. The summed E-state index contributed by atoms with van der Waals surface area (Å²) in [5.74, 6) is -1.11. The number of tetrazole rings is 1. The molecule has 1 aromatic heterocycles. The largest absolute Gasteiger partial charge is 0.453 e. The Bertz CT molecular complexity index is 982. The standard InChI is InChI=1S/C21H23F3N6O/c1-31-20(16-10-6-3-7-11-16)18(25-13-15-8-4-2-5-9-15)12-17(14-26-20)30-19(21(22,23)24)27-28-29-30/h2-11,17-18,25-26H,12-14H2,1H3/t17?,18-,20+/m1/s1. The van der Waals surface area contributed by atoms with Crippen LogP contribution in [0.1, 0.15) is 29.4 Å². The van der Waals surface area contributed by atoms with E-state index in [-0.39, 0.29) is 12.6 Å². The Morgan fingerprint density at radius 1 is 1.13 bits per heavy atom. The average Bonchev–Trinajstić information content (AvgIpc) is 3.29. The highest BCUT2D eigenvalue weighted by Crippen LogP contribution is 2.37. The molecule has 1 aliphatic heterocycles. The molecule has 164 valence electrons. The zero-order chi connectivity index (χ0) is 21.9. The second kappa shape index (κ2) is 8.74. The van der Waals surface area contributed by atoms with Crippen LogP contribution >= 0.6 is 0 Å². The van der Waals surface area contributed by atoms with Crippen molar-refractivity contribution in [3.63, 3.8) is 0 Å². The van der Waals surface area contributed by atoms with Crippen LogP contribution in [0.5, 0.6) is 0 Å². The zero-order valence-corrected chi connectivity index (χ0v) is 16.9. The Labute approximate surface area is 177 Å². The number of ether oxygens (including phenoxy) is 1. The van der Waals surface area contributed by atoms with Gasteiger partial charge in [0.15, 0.2) is 5.72 Å². The minimum atomic E-state index is -4.63. The lowest BCUT2D eigenvalue weighted by atomic mass is 9.85. The van der Waals surface area contributed by atoms with E-state index < -0.39 is 23.8 Å². The molecule has 31 heavy (non-hydrogen) atoms. The lowest BCUT2D eigenvalue weighted by molar-refractivity contribution is -0.150. The quantitative estimate of drug-likeness (QED) is 0.624. The molecule has 0 amide bonds. The molecule has 0 radical (unpaired) electrons. The Kier molecular flexibility index (Phi) is 6.03. The Morgan fingerprint density at radius 3 is 2.45 bits per heavy atom. The number of rotatable bonds is 6. The summed E-state index contributed by atoms with van der Waals surface area (Å²) in [5, 5.41) is 16.9. The van der Waals surface area contributed by atoms with Crippen molar-refractivity contribution < 1.29 is 17.9 Å². The zero-order valence-electron chi connectivity index (χ0n) is 16.9. The predicted octanol–water partition coefficient (Wildman–Crippen LogP) is 2.88. The second-order valence-electron chi connectivity index (χ2n) is 7.44. The van der Waals surface area contributed by atoms with Gasteiger partial charge >= 0.3 is 6.18 Å². The Balaban J connectivity index is 1.65. The third-order valence-electron chi connectivity index (χ3n) is 5.61. The van der Waals surface area contributed by atoms with Crippen LogP contribution in [-0.4, -0.2) is 39.9 Å². The number of aromatic nitrogens is 4. The molecule has 2 heterocycles. The van der Waals surface area contributed by atoms with Gasteiger partial charge < -0.3 is 10.1 Å². The summed E-state index contributed by atoms with van der Waals surface area (Å²) in [6.45, 7) is 0.736. The van der Waals surface area contributed by atoms with E-state index in [4.69, 9.17) is 4.74 Å². The van der Waals surface area contributed by atoms with Gasteiger partial charge in [-0.15, -0.1) is 5.10 Å². The molecule has 0 saturated carbocycles. The fraction of sp³-hybridized carbons (Fsp3) is 0.381. The van der Waals surface area contributed by atoms with Gasteiger partial charge in [-0.3, -0.25) is 5.32 Å². The molecule has 1 saturated heterocycles. The highest BCUT2D eigenvalue weighted by Gasteiger charge is 2.48. The topological polar surface area (TPSA) is 76.9 Å². The molecule has 1 aliphatic rings. The summed E-state index contributed by atoms with van der Waals surface area (Å²) in [6, 6.07) is 18.4. The molecule has 3 aromatic rings. The Hall–Kier alpha value is -2.82. The van der Waals surface area contributed by atoms with Crippen molar-refractivity contribution in [2.75, 3.05) is 13.7 Å². The summed E-state index contributed by atoms with van der Waals surface area (Å²) >= 11 is 0. The van der Waals surface area contributed by atoms with Crippen molar-refractivity contribution in [3.8, 4) is 0 Å². The number of hydrogen-bond acceptors (Lipinski definition) is 6. The van der Waals surface area contributed by atoms with Crippen LogP contribution in [0.25, 0.3) is 0 Å². The molecule has 0 spiro atoms. The number of methoxy groups -OCH3 is 1. The van der Waals surface area contributed by atoms with E-state index in [2.05, 4.69) is 26.2 Å². The first kappa shape index (κ1) is 21.4. The smallest absolute Gasteiger partial charge is 0.358 e. The number of nitrogens with zero attached hydrogens (tertiary/aromatic N) is 4. The summed E-state index contributed by atoms with van der Waals surface area (Å²) in [4.78, 5) is 0. The predicted molar refractivity (Wildman–Crippen MR) is 107 cm³/mol. The number of halogens is 3. The van der Waals surface area contributed by atoms with Crippen LogP contribution in [0.15, 0.2) is 60.7 Å². The van der Waals surface area contributed by atoms with Gasteiger partial charge in [-0.05, 0) is 22.4 Å². The first-order valence-corrected chi connectivity index (χ1v) is 9.92. The van der Waals surface area contributed by atoms with Crippen LogP contribution < -0.4 is 10.6 Å². The monoisotopic (exact) mass is 432 g/mol. The van der Waals surface area contributed by atoms with Gasteiger partial charge in [-0.25, -0.2) is 4.68 Å². The lowest BCUT2D eigenvalue weighted by Crippen LogP contribution is -2.63. The molecule has 0 bridgehead atoms. The maximum atomic E-state index is 13.4. The molecule has 10 heteroatoms. The van der Waals surface area contributed by atoms with Crippen LogP contribution in [0, 0.1) is 0 Å². The molecule has 7 nitrogen and oxygen atoms in total. The van der Waals surface area contributed by atoms with Crippen LogP contribution in [0.3, 0.4) is 0 Å². The molecular weight excluding hydrogens is 409 g/mol. The van der Waals surface area contributed by atoms with Gasteiger partial charge in [0.1, 0.15) is 0 Å². The van der Waals surface area contributed by atoms with Crippen molar-refractivity contribution in [1.82, 2.24) is 30.8 Å². The third-order valence-corrected chi connectivity index (χ3v) is 5.61. The van der Waals surface area contributed by atoms with E-state index in [1.807, 2.05) is 60.7 Å². The van der Waals surface area contributed by atoms with Crippen molar-refractivity contribution in [2.45, 2.75) is 37.0 Å². The van der Waals surface area contributed by atoms with E-state index >= 15 is 0 Å². The van der Waals surface area contributed by atoms with Gasteiger partial charge in [0.05, 0.1) is 12.1 Å². The van der Waals surface area contributed by atoms with Gasteiger partial charge in [-0.2, -0.15) is 13.2 Å². The van der Waals surface area contributed by atoms with Crippen LogP contribution in [0.4, 0.5) is 13.2 Å². The fourth-order valence-corrected chi connectivity index (χ4v) is 4.11. The van der Waals surface area contributed by atoms with Gasteiger partial charge in [0.25, 0.3) is 5.82 Å². The summed E-state index contributed by atoms with van der Waals surface area (Å²) in [6.07, 6.45) is -4.30. The van der Waals surface area contributed by atoms with Crippen LogP contribution in [0.2, 0.25) is 0 Å². The van der Waals surface area contributed by atoms with Crippen molar-refractivity contribution in [1.29, 1.82) is 0 Å². The molecule has 2 aromatic carbocycles. The average molecular weight is 432 g/mol. The van der Waals surface area contributed by atoms with Crippen molar-refractivity contribution in [3.05, 3.63) is 77.6 Å². The molecule has 0 aliphatic carbocycles. The minimum Gasteiger partial charge on any atom is -0.358 e. The molecule has 4 rings (SSSR count). The number of alkyl halides is 3. The summed E-state index contributed by atoms with van der Waals surface area (Å²) in [7, 11) is 1.59. The van der Waals surface area contributed by atoms with Gasteiger partial charge in [0.2, 0.25) is 0 Å². The minimum absolute atomic E-state index is 0.209. The maximum Gasteiger partial charge on any atom is 0.453 e. The van der Waals surface area contributed by atoms with Gasteiger partial charge in [-0.1, -0.05) is 60.7 Å². The van der Waals surface area contributed by atoms with E-state index in [9.17, 15) is 13.2 Å². The number of piperidine rings is 1. The Morgan fingerprint density at radius 2 is 1.81 bits per heavy atom. The van der Waals surface area contributed by atoms with Crippen LogP contribution in [-0.2, 0) is 23.2 Å². The van der Waals surface area contributed by atoms with E-state index in [0.29, 0.717) is 13.0 Å². The molecule has 3 atom stereocenters. The summed E-state index contributed by atoms with van der Waals surface area (Å²) in [5.41, 5.74) is 1.02. The second-order valence-corrected chi connectivity index (χ2v) is 7.44. The SMILES string of the molecule is CO[C@]1(c2ccccc2)NCC(n2nnnc2C(F)(F)F)C[C@H]1NCc1ccccc1. The van der Waals surface area contributed by atoms with Gasteiger partial charge in [0, 0.05) is 25.8 Å². The number of hydrogen-bond donors (Lipinski definition) is 2. The number of nitrogens with one attached hydrogen (secondary N) is 2. The normalized spacial score (nSPS) is 24.3. The molecule has 1 fully saturated rings. The van der Waals surface area contributed by atoms with E-state index in [1.165, 1.54) is 0 Å². The summed E-state index contributed by atoms with van der Waals surface area (Å²) < 4.78 is 46.9. The maximum absolute atomic E-state index is 13.4. The van der Waals surface area contributed by atoms with Crippen molar-refractivity contribution in [2.24, 2.45) is 0 Å². The number of benzene rings is 2. The fourth-order valence-electron chi connectivity index (χ4n) is 4.11. The first-order chi connectivity index (χ1) is 14.9. The molecular formula is C21H23F3N6O. The molecule has 1 unspecified atom stereocenters. The highest BCUT2D eigenvalue weighted by molar-refractivity contribution is 5.26.